The minimum Gasteiger partial charge on any atom is -0.381 e. The normalized spacial score (nSPS) is 25.1. The lowest BCUT2D eigenvalue weighted by Crippen LogP contribution is -2.40. The zero-order chi connectivity index (χ0) is 26.6. The van der Waals surface area contributed by atoms with E-state index in [9.17, 15) is 31.5 Å². The molecule has 37 heavy (non-hydrogen) atoms. The summed E-state index contributed by atoms with van der Waals surface area (Å²) in [6.45, 7) is 2.31. The fourth-order valence-corrected chi connectivity index (χ4v) is 5.85. The van der Waals surface area contributed by atoms with Crippen LogP contribution in [0.15, 0.2) is 35.3 Å². The van der Waals surface area contributed by atoms with Gasteiger partial charge in [-0.1, -0.05) is 18.2 Å². The molecule has 2 unspecified atom stereocenters. The molecular weight excluding hydrogens is 495 g/mol. The summed E-state index contributed by atoms with van der Waals surface area (Å²) in [4.78, 5) is 28.6. The van der Waals surface area contributed by atoms with Crippen molar-refractivity contribution in [2.24, 2.45) is 5.92 Å². The van der Waals surface area contributed by atoms with Crippen molar-refractivity contribution in [1.29, 1.82) is 0 Å². The SMILES string of the molecule is CC(NC(=O)c1cn(C2(C(F)F)CC2)c(=O)cc1NC1C[C@@H]2C[C@H]1CN2C)c1cccc(C(F)F)c1F. The van der Waals surface area contributed by atoms with Crippen LogP contribution < -0.4 is 16.2 Å². The van der Waals surface area contributed by atoms with Gasteiger partial charge in [-0.2, -0.15) is 0 Å². The Bertz CT molecular complexity index is 1260. The van der Waals surface area contributed by atoms with Crippen molar-refractivity contribution < 1.29 is 26.7 Å². The van der Waals surface area contributed by atoms with Crippen LogP contribution in [0.5, 0.6) is 0 Å². The molecule has 3 fully saturated rings. The average molecular weight is 525 g/mol. The van der Waals surface area contributed by atoms with Crippen molar-refractivity contribution in [2.45, 2.75) is 69.1 Å². The molecule has 6 nitrogen and oxygen atoms in total. The number of fused-ring (bicyclic) bond motifs is 2. The number of hydrogen-bond donors (Lipinski definition) is 2. The maximum absolute atomic E-state index is 14.7. The van der Waals surface area contributed by atoms with Crippen LogP contribution in [0.1, 0.15) is 66.6 Å². The van der Waals surface area contributed by atoms with E-state index >= 15 is 0 Å². The molecule has 200 valence electrons. The van der Waals surface area contributed by atoms with E-state index in [1.165, 1.54) is 25.1 Å². The Hall–Kier alpha value is -2.95. The Morgan fingerprint density at radius 3 is 2.41 bits per heavy atom. The van der Waals surface area contributed by atoms with Crippen LogP contribution in [0.25, 0.3) is 0 Å². The summed E-state index contributed by atoms with van der Waals surface area (Å²) in [6, 6.07) is 4.12. The third-order valence-corrected chi connectivity index (χ3v) is 8.21. The van der Waals surface area contributed by atoms with E-state index in [4.69, 9.17) is 0 Å². The Morgan fingerprint density at radius 2 is 1.84 bits per heavy atom. The van der Waals surface area contributed by atoms with Crippen LogP contribution in [-0.4, -0.2) is 47.5 Å². The molecule has 2 N–H and O–H groups in total. The lowest BCUT2D eigenvalue weighted by molar-refractivity contribution is 0.0648. The summed E-state index contributed by atoms with van der Waals surface area (Å²) >= 11 is 0. The third-order valence-electron chi connectivity index (χ3n) is 8.21. The number of pyridine rings is 1. The van der Waals surface area contributed by atoms with Crippen LogP contribution in [-0.2, 0) is 5.54 Å². The number of halogens is 5. The quantitative estimate of drug-likeness (QED) is 0.493. The van der Waals surface area contributed by atoms with Gasteiger partial charge >= 0.3 is 0 Å². The average Bonchev–Trinajstić information content (AvgIpc) is 3.44. The summed E-state index contributed by atoms with van der Waals surface area (Å²) in [5, 5.41) is 5.90. The van der Waals surface area contributed by atoms with Gasteiger partial charge in [0.25, 0.3) is 24.3 Å². The first-order valence-corrected chi connectivity index (χ1v) is 12.4. The van der Waals surface area contributed by atoms with E-state index < -0.39 is 47.3 Å². The second kappa shape index (κ2) is 9.41. The number of amides is 1. The maximum Gasteiger partial charge on any atom is 0.266 e. The van der Waals surface area contributed by atoms with Gasteiger partial charge in [-0.25, -0.2) is 22.0 Å². The molecule has 2 saturated carbocycles. The number of likely N-dealkylation sites (tertiary alicyclic amines) is 1. The second-order valence-corrected chi connectivity index (χ2v) is 10.5. The molecule has 0 spiro atoms. The fraction of sp³-hybridized carbons (Fsp3) is 0.538. The van der Waals surface area contributed by atoms with Crippen LogP contribution in [0.4, 0.5) is 27.6 Å². The molecule has 1 aliphatic heterocycles. The number of benzene rings is 1. The number of piperidine rings is 1. The van der Waals surface area contributed by atoms with E-state index in [0.717, 1.165) is 36.2 Å². The standard InChI is InChI=1S/C26H29F5N4O2/c1-13(16-4-3-5-17(22(16)27)23(28)29)32-24(37)18-12-35(26(6-7-26)25(30)31)21(36)10-20(18)33-19-9-15-8-14(19)11-34(15)2/h3-5,10,12-15,19,23,25,33H,6-9,11H2,1-2H3,(H,32,37)/t13?,14-,15-,19?/m0/s1. The molecule has 11 heteroatoms. The molecule has 2 heterocycles. The van der Waals surface area contributed by atoms with Gasteiger partial charge in [-0.3, -0.25) is 9.59 Å². The van der Waals surface area contributed by atoms with Crippen molar-refractivity contribution in [1.82, 2.24) is 14.8 Å². The Balaban J connectivity index is 1.47. The van der Waals surface area contributed by atoms with Crippen molar-refractivity contribution in [3.8, 4) is 0 Å². The number of carbonyl (C=O) groups is 1. The van der Waals surface area contributed by atoms with Gasteiger partial charge in [0, 0.05) is 36.5 Å². The molecule has 1 amide bonds. The molecule has 1 aromatic heterocycles. The summed E-state index contributed by atoms with van der Waals surface area (Å²) in [6.07, 6.45) is -2.64. The molecule has 4 atom stereocenters. The van der Waals surface area contributed by atoms with Gasteiger partial charge in [0.2, 0.25) is 0 Å². The summed E-state index contributed by atoms with van der Waals surface area (Å²) in [7, 11) is 2.05. The van der Waals surface area contributed by atoms with Gasteiger partial charge < -0.3 is 20.1 Å². The molecule has 5 rings (SSSR count). The van der Waals surface area contributed by atoms with E-state index in [1.54, 1.807) is 0 Å². The van der Waals surface area contributed by atoms with Crippen molar-refractivity contribution in [3.05, 3.63) is 63.3 Å². The predicted molar refractivity (Wildman–Crippen MR) is 128 cm³/mol. The lowest BCUT2D eigenvalue weighted by atomic mass is 10.0. The minimum absolute atomic E-state index is 0.00516. The number of nitrogens with one attached hydrogen (secondary N) is 2. The van der Waals surface area contributed by atoms with Gasteiger partial charge in [0.05, 0.1) is 22.9 Å². The highest BCUT2D eigenvalue weighted by Crippen LogP contribution is 2.48. The highest BCUT2D eigenvalue weighted by Gasteiger charge is 2.54. The highest BCUT2D eigenvalue weighted by molar-refractivity contribution is 5.99. The van der Waals surface area contributed by atoms with Crippen molar-refractivity contribution in [3.63, 3.8) is 0 Å². The smallest absolute Gasteiger partial charge is 0.266 e. The van der Waals surface area contributed by atoms with E-state index in [-0.39, 0.29) is 35.7 Å². The first-order chi connectivity index (χ1) is 17.5. The number of hydrogen-bond acceptors (Lipinski definition) is 4. The Labute approximate surface area is 210 Å². The monoisotopic (exact) mass is 524 g/mol. The van der Waals surface area contributed by atoms with E-state index in [0.29, 0.717) is 12.0 Å². The maximum atomic E-state index is 14.7. The molecule has 2 aromatic rings. The molecule has 3 aliphatic rings. The van der Waals surface area contributed by atoms with Gasteiger partial charge in [-0.15, -0.1) is 0 Å². The number of nitrogens with zero attached hydrogens (tertiary/aromatic N) is 2. The van der Waals surface area contributed by atoms with Crippen LogP contribution in [0.2, 0.25) is 0 Å². The predicted octanol–water partition coefficient (Wildman–Crippen LogP) is 4.67. The van der Waals surface area contributed by atoms with Crippen LogP contribution >= 0.6 is 0 Å². The Morgan fingerprint density at radius 1 is 1.14 bits per heavy atom. The zero-order valence-electron chi connectivity index (χ0n) is 20.5. The van der Waals surface area contributed by atoms with Crippen molar-refractivity contribution in [2.75, 3.05) is 18.9 Å². The summed E-state index contributed by atoms with van der Waals surface area (Å²) in [5.41, 5.74) is -3.00. The summed E-state index contributed by atoms with van der Waals surface area (Å²) < 4.78 is 69.6. The molecule has 2 aliphatic carbocycles. The van der Waals surface area contributed by atoms with Crippen LogP contribution in [0, 0.1) is 11.7 Å². The number of carbonyl (C=O) groups excluding carboxylic acids is 1. The highest BCUT2D eigenvalue weighted by atomic mass is 19.3. The van der Waals surface area contributed by atoms with E-state index in [1.807, 2.05) is 7.05 Å². The van der Waals surface area contributed by atoms with Crippen LogP contribution in [0.3, 0.4) is 0 Å². The summed E-state index contributed by atoms with van der Waals surface area (Å²) in [5.74, 6) is -1.53. The topological polar surface area (TPSA) is 66.4 Å². The number of anilines is 1. The first kappa shape index (κ1) is 25.7. The van der Waals surface area contributed by atoms with Gasteiger partial charge in [0.15, 0.2) is 0 Å². The largest absolute Gasteiger partial charge is 0.381 e. The second-order valence-electron chi connectivity index (χ2n) is 10.5. The van der Waals surface area contributed by atoms with Crippen molar-refractivity contribution >= 4 is 11.6 Å². The minimum atomic E-state index is -3.02. The lowest BCUT2D eigenvalue weighted by Gasteiger charge is -2.30. The number of aromatic nitrogens is 1. The number of rotatable bonds is 8. The molecule has 1 saturated heterocycles. The first-order valence-electron chi connectivity index (χ1n) is 12.4. The van der Waals surface area contributed by atoms with Gasteiger partial charge in [-0.05, 0) is 45.6 Å². The van der Waals surface area contributed by atoms with E-state index in [2.05, 4.69) is 15.5 Å². The fourth-order valence-electron chi connectivity index (χ4n) is 5.85. The molecule has 0 radical (unpaired) electrons. The molecule has 2 bridgehead atoms. The Kier molecular flexibility index (Phi) is 6.54. The molecule has 1 aromatic carbocycles. The zero-order valence-corrected chi connectivity index (χ0v) is 20.5. The number of alkyl halides is 4. The molecular formula is C26H29F5N4O2. The third kappa shape index (κ3) is 4.51. The van der Waals surface area contributed by atoms with Gasteiger partial charge in [0.1, 0.15) is 11.4 Å².